The lowest BCUT2D eigenvalue weighted by Crippen LogP contribution is -2.26. The minimum absolute atomic E-state index is 0.143. The Morgan fingerprint density at radius 1 is 1.12 bits per heavy atom. The predicted molar refractivity (Wildman–Crippen MR) is 125 cm³/mol. The smallest absolute Gasteiger partial charge is 0.246 e. The van der Waals surface area contributed by atoms with Crippen LogP contribution in [0.3, 0.4) is 0 Å². The SMILES string of the molecule is CC(C)c1coc([C@H](Nc2nonc2Nc2cccc(S(=O)(=O)N(C)C)c2O)C(C)(C)C)c1. The average Bonchev–Trinajstić information content (AvgIpc) is 3.36. The molecule has 0 amide bonds. The van der Waals surface area contributed by atoms with Crippen molar-refractivity contribution in [2.45, 2.75) is 51.5 Å². The average molecular weight is 478 g/mol. The maximum atomic E-state index is 12.5. The first-order valence-electron chi connectivity index (χ1n) is 10.5. The van der Waals surface area contributed by atoms with Crippen LogP contribution in [0.15, 0.2) is 44.5 Å². The maximum Gasteiger partial charge on any atom is 0.246 e. The molecular formula is C22H31N5O5S. The molecule has 0 fully saturated rings. The molecule has 0 aliphatic heterocycles. The Morgan fingerprint density at radius 2 is 1.79 bits per heavy atom. The van der Waals surface area contributed by atoms with Crippen molar-refractivity contribution < 1.29 is 22.6 Å². The number of phenolic OH excluding ortho intramolecular Hbond substituents is 1. The summed E-state index contributed by atoms with van der Waals surface area (Å²) < 4.78 is 36.8. The maximum absolute atomic E-state index is 12.5. The first kappa shape index (κ1) is 24.6. The molecule has 3 rings (SSSR count). The molecule has 3 aromatic rings. The lowest BCUT2D eigenvalue weighted by Gasteiger charge is -2.29. The Labute approximate surface area is 194 Å². The molecule has 0 spiro atoms. The summed E-state index contributed by atoms with van der Waals surface area (Å²) in [5.74, 6) is 1.11. The highest BCUT2D eigenvalue weighted by atomic mass is 32.2. The van der Waals surface area contributed by atoms with E-state index in [2.05, 4.69) is 55.6 Å². The number of nitrogens with one attached hydrogen (secondary N) is 2. The van der Waals surface area contributed by atoms with Crippen molar-refractivity contribution in [1.82, 2.24) is 14.6 Å². The molecule has 3 N–H and O–H groups in total. The number of furan rings is 1. The van der Waals surface area contributed by atoms with Crippen LogP contribution in [-0.2, 0) is 10.0 Å². The number of anilines is 3. The fourth-order valence-corrected chi connectivity index (χ4v) is 4.19. The lowest BCUT2D eigenvalue weighted by atomic mass is 9.85. The van der Waals surface area contributed by atoms with Gasteiger partial charge in [-0.05, 0) is 45.4 Å². The van der Waals surface area contributed by atoms with Crippen LogP contribution in [0.25, 0.3) is 0 Å². The van der Waals surface area contributed by atoms with E-state index in [1.54, 1.807) is 6.26 Å². The van der Waals surface area contributed by atoms with E-state index < -0.39 is 15.8 Å². The molecule has 11 heteroatoms. The van der Waals surface area contributed by atoms with E-state index in [1.165, 1.54) is 32.3 Å². The summed E-state index contributed by atoms with van der Waals surface area (Å²) in [5, 5.41) is 24.7. The Hall–Kier alpha value is -3.05. The molecule has 0 aliphatic carbocycles. The van der Waals surface area contributed by atoms with Crippen molar-refractivity contribution in [2.24, 2.45) is 5.41 Å². The molecule has 1 atom stereocenters. The quantitative estimate of drug-likeness (QED) is 0.395. The third-order valence-corrected chi connectivity index (χ3v) is 7.08. The van der Waals surface area contributed by atoms with Crippen LogP contribution in [0.4, 0.5) is 17.3 Å². The Bertz CT molecular complexity index is 1210. The van der Waals surface area contributed by atoms with Crippen molar-refractivity contribution in [3.8, 4) is 5.75 Å². The Kier molecular flexibility index (Phi) is 6.75. The van der Waals surface area contributed by atoms with Crippen molar-refractivity contribution in [2.75, 3.05) is 24.7 Å². The summed E-state index contributed by atoms with van der Waals surface area (Å²) in [4.78, 5) is -0.229. The number of aromatic nitrogens is 2. The number of para-hydroxylation sites is 1. The van der Waals surface area contributed by atoms with Gasteiger partial charge >= 0.3 is 0 Å². The van der Waals surface area contributed by atoms with Gasteiger partial charge in [0.05, 0.1) is 18.0 Å². The summed E-state index contributed by atoms with van der Waals surface area (Å²) in [6.07, 6.45) is 1.75. The molecule has 10 nitrogen and oxygen atoms in total. The molecule has 0 unspecified atom stereocenters. The van der Waals surface area contributed by atoms with Gasteiger partial charge in [0.25, 0.3) is 0 Å². The Balaban J connectivity index is 1.92. The minimum atomic E-state index is -3.84. The topological polar surface area (TPSA) is 134 Å². The summed E-state index contributed by atoms with van der Waals surface area (Å²) in [6, 6.07) is 6.12. The van der Waals surface area contributed by atoms with E-state index >= 15 is 0 Å². The standard InChI is InChI=1S/C22H31N5O5S/c1-13(2)14-11-16(31-12-14)19(22(3,4)5)24-21-20(25-32-26-21)23-15-9-8-10-17(18(15)28)33(29,30)27(6)7/h8-13,19,28H,1-7H3,(H,23,25)(H,24,26)/t19-/m0/s1. The molecule has 0 bridgehead atoms. The number of hydrogen-bond donors (Lipinski definition) is 3. The zero-order valence-electron chi connectivity index (χ0n) is 19.9. The van der Waals surface area contributed by atoms with Gasteiger partial charge in [-0.3, -0.25) is 0 Å². The summed E-state index contributed by atoms with van der Waals surface area (Å²) in [5.41, 5.74) is 0.968. The highest BCUT2D eigenvalue weighted by molar-refractivity contribution is 7.89. The molecule has 33 heavy (non-hydrogen) atoms. The molecule has 2 heterocycles. The van der Waals surface area contributed by atoms with Crippen LogP contribution < -0.4 is 10.6 Å². The van der Waals surface area contributed by atoms with Gasteiger partial charge in [-0.1, -0.05) is 40.7 Å². The molecule has 0 radical (unpaired) electrons. The van der Waals surface area contributed by atoms with Crippen molar-refractivity contribution in [3.05, 3.63) is 41.9 Å². The number of aromatic hydroxyl groups is 1. The fourth-order valence-electron chi connectivity index (χ4n) is 3.19. The number of benzene rings is 1. The predicted octanol–water partition coefficient (Wildman–Crippen LogP) is 4.68. The van der Waals surface area contributed by atoms with Gasteiger partial charge in [0, 0.05) is 14.1 Å². The molecular weight excluding hydrogens is 446 g/mol. The van der Waals surface area contributed by atoms with Crippen LogP contribution in [0.2, 0.25) is 0 Å². The Morgan fingerprint density at radius 3 is 2.36 bits per heavy atom. The van der Waals surface area contributed by atoms with Crippen LogP contribution in [0, 0.1) is 5.41 Å². The molecule has 0 saturated heterocycles. The van der Waals surface area contributed by atoms with Crippen molar-refractivity contribution >= 4 is 27.3 Å². The second-order valence-corrected chi connectivity index (χ2v) is 11.5. The molecule has 2 aromatic heterocycles. The summed E-state index contributed by atoms with van der Waals surface area (Å²) >= 11 is 0. The number of phenols is 1. The van der Waals surface area contributed by atoms with Crippen molar-refractivity contribution in [3.63, 3.8) is 0 Å². The van der Waals surface area contributed by atoms with Gasteiger partial charge in [0.2, 0.25) is 21.7 Å². The summed E-state index contributed by atoms with van der Waals surface area (Å²) in [7, 11) is -1.06. The van der Waals surface area contributed by atoms with Gasteiger partial charge in [0.15, 0.2) is 5.75 Å². The van der Waals surface area contributed by atoms with Crippen molar-refractivity contribution in [1.29, 1.82) is 0 Å². The number of hydrogen-bond acceptors (Lipinski definition) is 9. The third kappa shape index (κ3) is 5.14. The minimum Gasteiger partial charge on any atom is -0.504 e. The number of nitrogens with zero attached hydrogens (tertiary/aromatic N) is 3. The van der Waals surface area contributed by atoms with Crippen LogP contribution in [0.5, 0.6) is 5.75 Å². The second-order valence-electron chi connectivity index (χ2n) is 9.41. The molecule has 180 valence electrons. The molecule has 1 aromatic carbocycles. The molecule has 0 saturated carbocycles. The van der Waals surface area contributed by atoms with Gasteiger partial charge in [-0.15, -0.1) is 0 Å². The van der Waals surface area contributed by atoms with E-state index in [-0.39, 0.29) is 33.7 Å². The zero-order chi connectivity index (χ0) is 24.6. The summed E-state index contributed by atoms with van der Waals surface area (Å²) in [6.45, 7) is 10.4. The van der Waals surface area contributed by atoms with Crippen LogP contribution in [0.1, 0.15) is 57.9 Å². The largest absolute Gasteiger partial charge is 0.504 e. The van der Waals surface area contributed by atoms with E-state index in [9.17, 15) is 13.5 Å². The second kappa shape index (κ2) is 9.06. The zero-order valence-corrected chi connectivity index (χ0v) is 20.7. The van der Waals surface area contributed by atoms with Gasteiger partial charge in [0.1, 0.15) is 10.7 Å². The van der Waals surface area contributed by atoms with Gasteiger partial charge < -0.3 is 20.2 Å². The lowest BCUT2D eigenvalue weighted by molar-refractivity contribution is 0.294. The van der Waals surface area contributed by atoms with E-state index in [0.717, 1.165) is 15.6 Å². The van der Waals surface area contributed by atoms with Crippen LogP contribution >= 0.6 is 0 Å². The highest BCUT2D eigenvalue weighted by Crippen LogP contribution is 2.40. The number of rotatable bonds is 8. The fraction of sp³-hybridized carbons (Fsp3) is 0.455. The normalized spacial score (nSPS) is 13.5. The molecule has 0 aliphatic rings. The van der Waals surface area contributed by atoms with E-state index in [0.29, 0.717) is 5.92 Å². The van der Waals surface area contributed by atoms with E-state index in [1.807, 2.05) is 6.07 Å². The third-order valence-electron chi connectivity index (χ3n) is 5.24. The highest BCUT2D eigenvalue weighted by Gasteiger charge is 2.32. The van der Waals surface area contributed by atoms with Crippen LogP contribution in [-0.4, -0.2) is 42.2 Å². The first-order valence-corrected chi connectivity index (χ1v) is 11.9. The first-order chi connectivity index (χ1) is 15.3. The van der Waals surface area contributed by atoms with E-state index in [4.69, 9.17) is 9.05 Å². The number of sulfonamides is 1. The van der Waals surface area contributed by atoms with Gasteiger partial charge in [-0.25, -0.2) is 17.4 Å². The monoisotopic (exact) mass is 477 g/mol. The van der Waals surface area contributed by atoms with Gasteiger partial charge in [-0.2, -0.15) is 0 Å².